The molecule has 1 amide bonds. The van der Waals surface area contributed by atoms with Crippen molar-refractivity contribution >= 4 is 17.6 Å². The number of methoxy groups -OCH3 is 1. The van der Waals surface area contributed by atoms with Crippen LogP contribution in [0.1, 0.15) is 30.8 Å². The van der Waals surface area contributed by atoms with Crippen molar-refractivity contribution < 1.29 is 19.1 Å². The highest BCUT2D eigenvalue weighted by Gasteiger charge is 2.35. The van der Waals surface area contributed by atoms with E-state index >= 15 is 0 Å². The summed E-state index contributed by atoms with van der Waals surface area (Å²) in [5.74, 6) is -0.573. The van der Waals surface area contributed by atoms with E-state index in [0.29, 0.717) is 5.69 Å². The van der Waals surface area contributed by atoms with E-state index in [-0.39, 0.29) is 23.6 Å². The van der Waals surface area contributed by atoms with Crippen molar-refractivity contribution in [3.05, 3.63) is 24.0 Å². The van der Waals surface area contributed by atoms with Crippen LogP contribution < -0.4 is 5.32 Å². The third-order valence-electron chi connectivity index (χ3n) is 3.28. The minimum absolute atomic E-state index is 0.0869. The second-order valence-electron chi connectivity index (χ2n) is 4.99. The number of carbonyl (C=O) groups excluding carboxylic acids is 2. The summed E-state index contributed by atoms with van der Waals surface area (Å²) in [5, 5.41) is 2.74. The van der Waals surface area contributed by atoms with Crippen molar-refractivity contribution in [3.63, 3.8) is 0 Å². The Morgan fingerprint density at radius 3 is 2.80 bits per heavy atom. The smallest absolute Gasteiger partial charge is 0.356 e. The van der Waals surface area contributed by atoms with Crippen molar-refractivity contribution in [1.82, 2.24) is 4.98 Å². The molecular formula is C14H18N2O4. The molecule has 0 aromatic carbocycles. The SMILES string of the molecule is COC(=O)c1cc(NC(=O)C2OC(C)CC2C)ccn1. The van der Waals surface area contributed by atoms with Gasteiger partial charge in [0, 0.05) is 11.9 Å². The van der Waals surface area contributed by atoms with Crippen molar-refractivity contribution in [3.8, 4) is 0 Å². The molecule has 0 aliphatic carbocycles. The largest absolute Gasteiger partial charge is 0.464 e. The molecule has 1 aliphatic heterocycles. The van der Waals surface area contributed by atoms with E-state index in [1.54, 1.807) is 6.07 Å². The summed E-state index contributed by atoms with van der Waals surface area (Å²) in [5.41, 5.74) is 0.653. The molecular weight excluding hydrogens is 260 g/mol. The first-order chi connectivity index (χ1) is 9.51. The Bertz CT molecular complexity index is 518. The average molecular weight is 278 g/mol. The fraction of sp³-hybridized carbons (Fsp3) is 0.500. The lowest BCUT2D eigenvalue weighted by atomic mass is 10.0. The van der Waals surface area contributed by atoms with Crippen molar-refractivity contribution in [1.29, 1.82) is 0 Å². The number of esters is 1. The minimum Gasteiger partial charge on any atom is -0.464 e. The highest BCUT2D eigenvalue weighted by molar-refractivity contribution is 5.96. The number of aromatic nitrogens is 1. The van der Waals surface area contributed by atoms with Gasteiger partial charge in [-0.1, -0.05) is 6.92 Å². The van der Waals surface area contributed by atoms with Crippen LogP contribution in [0.15, 0.2) is 18.3 Å². The standard InChI is InChI=1S/C14H18N2O4/c1-8-6-9(2)20-12(8)13(17)16-10-4-5-15-11(7-10)14(18)19-3/h4-5,7-9,12H,6H2,1-3H3,(H,15,16,17). The second kappa shape index (κ2) is 6.00. The maximum Gasteiger partial charge on any atom is 0.356 e. The lowest BCUT2D eigenvalue weighted by Crippen LogP contribution is -2.31. The zero-order valence-electron chi connectivity index (χ0n) is 11.8. The molecule has 0 bridgehead atoms. The van der Waals surface area contributed by atoms with Crippen molar-refractivity contribution in [2.45, 2.75) is 32.5 Å². The van der Waals surface area contributed by atoms with E-state index in [1.165, 1.54) is 19.4 Å². The maximum atomic E-state index is 12.1. The molecule has 20 heavy (non-hydrogen) atoms. The number of ether oxygens (including phenoxy) is 2. The molecule has 6 nitrogen and oxygen atoms in total. The summed E-state index contributed by atoms with van der Waals surface area (Å²) in [6, 6.07) is 3.10. The van der Waals surface area contributed by atoms with E-state index in [0.717, 1.165) is 6.42 Å². The molecule has 1 fully saturated rings. The predicted octanol–water partition coefficient (Wildman–Crippen LogP) is 1.62. The van der Waals surface area contributed by atoms with Gasteiger partial charge in [0.2, 0.25) is 0 Å². The Balaban J connectivity index is 2.06. The van der Waals surface area contributed by atoms with Gasteiger partial charge in [-0.2, -0.15) is 0 Å². The summed E-state index contributed by atoms with van der Waals surface area (Å²) in [6.07, 6.45) is 1.94. The summed E-state index contributed by atoms with van der Waals surface area (Å²) in [4.78, 5) is 27.4. The Kier molecular flexibility index (Phi) is 4.34. The van der Waals surface area contributed by atoms with Gasteiger partial charge >= 0.3 is 5.97 Å². The summed E-state index contributed by atoms with van der Waals surface area (Å²) in [7, 11) is 1.28. The van der Waals surface area contributed by atoms with E-state index < -0.39 is 12.1 Å². The van der Waals surface area contributed by atoms with Gasteiger partial charge in [-0.05, 0) is 31.4 Å². The number of anilines is 1. The van der Waals surface area contributed by atoms with Crippen molar-refractivity contribution in [2.75, 3.05) is 12.4 Å². The van der Waals surface area contributed by atoms with Crippen LogP contribution in [0, 0.1) is 5.92 Å². The molecule has 6 heteroatoms. The van der Waals surface area contributed by atoms with E-state index in [4.69, 9.17) is 4.74 Å². The molecule has 3 unspecified atom stereocenters. The minimum atomic E-state index is -0.541. The third-order valence-corrected chi connectivity index (χ3v) is 3.28. The fourth-order valence-corrected chi connectivity index (χ4v) is 2.35. The average Bonchev–Trinajstić information content (AvgIpc) is 2.77. The number of hydrogen-bond acceptors (Lipinski definition) is 5. The Hall–Kier alpha value is -1.95. The number of nitrogens with zero attached hydrogens (tertiary/aromatic N) is 1. The Morgan fingerprint density at radius 1 is 1.45 bits per heavy atom. The molecule has 1 aromatic rings. The van der Waals surface area contributed by atoms with Crippen LogP contribution in [0.2, 0.25) is 0 Å². The van der Waals surface area contributed by atoms with Gasteiger partial charge in [0.15, 0.2) is 0 Å². The lowest BCUT2D eigenvalue weighted by molar-refractivity contribution is -0.127. The number of amides is 1. The number of carbonyl (C=O) groups is 2. The predicted molar refractivity (Wildman–Crippen MR) is 72.3 cm³/mol. The van der Waals surface area contributed by atoms with Crippen LogP contribution in [0.5, 0.6) is 0 Å². The number of pyridine rings is 1. The number of nitrogens with one attached hydrogen (secondary N) is 1. The lowest BCUT2D eigenvalue weighted by Gasteiger charge is -2.15. The zero-order valence-corrected chi connectivity index (χ0v) is 11.8. The molecule has 3 atom stereocenters. The topological polar surface area (TPSA) is 77.5 Å². The normalized spacial score (nSPS) is 25.2. The molecule has 2 rings (SSSR count). The first kappa shape index (κ1) is 14.5. The quantitative estimate of drug-likeness (QED) is 0.850. The maximum absolute atomic E-state index is 12.1. The van der Waals surface area contributed by atoms with Gasteiger partial charge in [0.1, 0.15) is 11.8 Å². The van der Waals surface area contributed by atoms with Crippen LogP contribution in [0.3, 0.4) is 0 Å². The summed E-state index contributed by atoms with van der Waals surface area (Å²) < 4.78 is 10.2. The molecule has 1 aromatic heterocycles. The monoisotopic (exact) mass is 278 g/mol. The zero-order chi connectivity index (χ0) is 14.7. The van der Waals surface area contributed by atoms with Gasteiger partial charge in [-0.25, -0.2) is 9.78 Å². The fourth-order valence-electron chi connectivity index (χ4n) is 2.35. The van der Waals surface area contributed by atoms with Gasteiger partial charge in [-0.15, -0.1) is 0 Å². The van der Waals surface area contributed by atoms with Crippen LogP contribution in [-0.4, -0.2) is 36.2 Å². The van der Waals surface area contributed by atoms with E-state index in [1.807, 2.05) is 13.8 Å². The van der Waals surface area contributed by atoms with Gasteiger partial charge < -0.3 is 14.8 Å². The molecule has 1 N–H and O–H groups in total. The molecule has 2 heterocycles. The number of hydrogen-bond donors (Lipinski definition) is 1. The Morgan fingerprint density at radius 2 is 2.20 bits per heavy atom. The molecule has 1 aliphatic rings. The highest BCUT2D eigenvalue weighted by atomic mass is 16.5. The molecule has 108 valence electrons. The number of rotatable bonds is 3. The molecule has 0 spiro atoms. The first-order valence-electron chi connectivity index (χ1n) is 6.52. The van der Waals surface area contributed by atoms with E-state index in [9.17, 15) is 9.59 Å². The van der Waals surface area contributed by atoms with Gasteiger partial charge in [-0.3, -0.25) is 4.79 Å². The third kappa shape index (κ3) is 3.14. The van der Waals surface area contributed by atoms with Crippen LogP contribution in [0.25, 0.3) is 0 Å². The van der Waals surface area contributed by atoms with Crippen LogP contribution in [-0.2, 0) is 14.3 Å². The molecule has 0 saturated carbocycles. The van der Waals surface area contributed by atoms with Crippen LogP contribution in [0.4, 0.5) is 5.69 Å². The molecule has 0 radical (unpaired) electrons. The second-order valence-corrected chi connectivity index (χ2v) is 4.99. The summed E-state index contributed by atoms with van der Waals surface area (Å²) in [6.45, 7) is 3.94. The van der Waals surface area contributed by atoms with Gasteiger partial charge in [0.25, 0.3) is 5.91 Å². The Labute approximate surface area is 117 Å². The summed E-state index contributed by atoms with van der Waals surface area (Å²) >= 11 is 0. The molecule has 1 saturated heterocycles. The van der Waals surface area contributed by atoms with Gasteiger partial charge in [0.05, 0.1) is 13.2 Å². The van der Waals surface area contributed by atoms with Crippen LogP contribution >= 0.6 is 0 Å². The first-order valence-corrected chi connectivity index (χ1v) is 6.52. The highest BCUT2D eigenvalue weighted by Crippen LogP contribution is 2.26. The van der Waals surface area contributed by atoms with Crippen molar-refractivity contribution in [2.24, 2.45) is 5.92 Å². The van der Waals surface area contributed by atoms with E-state index in [2.05, 4.69) is 15.0 Å².